The predicted molar refractivity (Wildman–Crippen MR) is 67.2 cm³/mol. The molecule has 2 rings (SSSR count). The molecule has 0 bridgehead atoms. The van der Waals surface area contributed by atoms with Gasteiger partial charge in [0.15, 0.2) is 5.78 Å². The monoisotopic (exact) mass is 218 g/mol. The maximum atomic E-state index is 11.6. The maximum absolute atomic E-state index is 11.6. The van der Waals surface area contributed by atoms with Gasteiger partial charge in [-0.05, 0) is 57.4 Å². The Balaban J connectivity index is 2.37. The lowest BCUT2D eigenvalue weighted by Crippen LogP contribution is -2.32. The molecule has 0 radical (unpaired) electrons. The van der Waals surface area contributed by atoms with Gasteiger partial charge in [0.2, 0.25) is 0 Å². The number of rotatable bonds is 0. The second kappa shape index (κ2) is 3.87. The molecule has 0 N–H and O–H groups in total. The first-order valence-electron chi connectivity index (χ1n) is 6.32. The quantitative estimate of drug-likeness (QED) is 0.561. The van der Waals surface area contributed by atoms with Gasteiger partial charge in [0.25, 0.3) is 0 Å². The van der Waals surface area contributed by atoms with E-state index in [0.717, 1.165) is 6.42 Å². The lowest BCUT2D eigenvalue weighted by atomic mass is 9.65. The maximum Gasteiger partial charge on any atom is 0.155 e. The number of carbonyl (C=O) groups is 1. The highest BCUT2D eigenvalue weighted by molar-refractivity contribution is 5.91. The van der Waals surface area contributed by atoms with E-state index in [1.54, 1.807) is 5.57 Å². The Bertz CT molecular complexity index is 382. The van der Waals surface area contributed by atoms with Crippen LogP contribution in [-0.4, -0.2) is 5.78 Å². The Morgan fingerprint density at radius 3 is 2.62 bits per heavy atom. The minimum Gasteiger partial charge on any atom is -0.295 e. The van der Waals surface area contributed by atoms with Gasteiger partial charge in [0, 0.05) is 6.42 Å². The molecule has 0 aromatic carbocycles. The van der Waals surface area contributed by atoms with E-state index in [2.05, 4.69) is 27.7 Å². The number of hydrogen-bond donors (Lipinski definition) is 0. The van der Waals surface area contributed by atoms with Gasteiger partial charge in [-0.3, -0.25) is 4.79 Å². The zero-order valence-electron chi connectivity index (χ0n) is 10.9. The average Bonchev–Trinajstić information content (AvgIpc) is 2.60. The van der Waals surface area contributed by atoms with E-state index in [9.17, 15) is 4.79 Å². The lowest BCUT2D eigenvalue weighted by molar-refractivity contribution is -0.117. The van der Waals surface area contributed by atoms with Crippen LogP contribution in [0, 0.1) is 11.3 Å². The van der Waals surface area contributed by atoms with Crippen molar-refractivity contribution in [1.82, 2.24) is 0 Å². The Morgan fingerprint density at radius 2 is 2.12 bits per heavy atom. The molecule has 0 saturated heterocycles. The van der Waals surface area contributed by atoms with Crippen molar-refractivity contribution in [3.05, 3.63) is 22.8 Å². The van der Waals surface area contributed by atoms with Crippen molar-refractivity contribution < 1.29 is 4.79 Å². The fourth-order valence-corrected chi connectivity index (χ4v) is 3.45. The minimum atomic E-state index is 0.306. The van der Waals surface area contributed by atoms with Crippen LogP contribution in [0.3, 0.4) is 0 Å². The molecule has 0 aliphatic heterocycles. The van der Waals surface area contributed by atoms with Gasteiger partial charge >= 0.3 is 0 Å². The highest BCUT2D eigenvalue weighted by atomic mass is 16.1. The van der Waals surface area contributed by atoms with Gasteiger partial charge in [0.05, 0.1) is 0 Å². The Hall–Kier alpha value is -0.850. The second-order valence-electron chi connectivity index (χ2n) is 5.84. The van der Waals surface area contributed by atoms with Crippen molar-refractivity contribution >= 4 is 5.78 Å². The summed E-state index contributed by atoms with van der Waals surface area (Å²) < 4.78 is 0. The zero-order chi connectivity index (χ0) is 11.9. The van der Waals surface area contributed by atoms with E-state index in [1.165, 1.54) is 30.4 Å². The summed E-state index contributed by atoms with van der Waals surface area (Å²) in [4.78, 5) is 11.6. The fraction of sp³-hybridized carbons (Fsp3) is 0.667. The second-order valence-corrected chi connectivity index (χ2v) is 5.84. The average molecular weight is 218 g/mol. The Kier molecular flexibility index (Phi) is 2.81. The minimum absolute atomic E-state index is 0.306. The van der Waals surface area contributed by atoms with Gasteiger partial charge < -0.3 is 0 Å². The Labute approximate surface area is 98.6 Å². The standard InChI is InChI=1S/C15H22O/c1-10(2)13-5-6-15(9-13)11(3)7-14(16)8-12(15)4/h7,12H,5-6,8-9H2,1-4H3/t12-,15-/m1/s1. The van der Waals surface area contributed by atoms with Crippen molar-refractivity contribution in [1.29, 1.82) is 0 Å². The molecule has 0 heterocycles. The third-order valence-corrected chi connectivity index (χ3v) is 4.72. The SMILES string of the molecule is CC1=CC(=O)C[C@@H](C)[C@@]12CCC(=C(C)C)C2. The molecule has 88 valence electrons. The molecule has 0 amide bonds. The fourth-order valence-electron chi connectivity index (χ4n) is 3.45. The van der Waals surface area contributed by atoms with Crippen LogP contribution in [0.15, 0.2) is 22.8 Å². The summed E-state index contributed by atoms with van der Waals surface area (Å²) in [7, 11) is 0. The van der Waals surface area contributed by atoms with Crippen molar-refractivity contribution in [3.8, 4) is 0 Å². The molecule has 0 aromatic heterocycles. The summed E-state index contributed by atoms with van der Waals surface area (Å²) >= 11 is 0. The predicted octanol–water partition coefficient (Wildman–Crippen LogP) is 4.05. The third-order valence-electron chi connectivity index (χ3n) is 4.72. The number of ketones is 1. The van der Waals surface area contributed by atoms with Crippen molar-refractivity contribution in [2.45, 2.75) is 53.4 Å². The van der Waals surface area contributed by atoms with Gasteiger partial charge in [-0.25, -0.2) is 0 Å². The van der Waals surface area contributed by atoms with Crippen LogP contribution in [0.25, 0.3) is 0 Å². The molecule has 2 atom stereocenters. The first kappa shape index (κ1) is 11.6. The normalized spacial score (nSPS) is 34.5. The molecule has 1 spiro atoms. The van der Waals surface area contributed by atoms with E-state index in [-0.39, 0.29) is 0 Å². The first-order valence-corrected chi connectivity index (χ1v) is 6.32. The number of allylic oxidation sites excluding steroid dienone is 4. The van der Waals surface area contributed by atoms with Crippen molar-refractivity contribution in [3.63, 3.8) is 0 Å². The zero-order valence-corrected chi connectivity index (χ0v) is 10.9. The van der Waals surface area contributed by atoms with Crippen LogP contribution in [0.2, 0.25) is 0 Å². The summed E-state index contributed by atoms with van der Waals surface area (Å²) in [6.45, 7) is 8.84. The molecule has 1 nitrogen and oxygen atoms in total. The van der Waals surface area contributed by atoms with E-state index in [4.69, 9.17) is 0 Å². The van der Waals surface area contributed by atoms with Crippen LogP contribution < -0.4 is 0 Å². The molecule has 1 saturated carbocycles. The molecule has 2 aliphatic rings. The van der Waals surface area contributed by atoms with E-state index >= 15 is 0 Å². The summed E-state index contributed by atoms with van der Waals surface area (Å²) in [5.74, 6) is 0.836. The summed E-state index contributed by atoms with van der Waals surface area (Å²) in [5.41, 5.74) is 4.73. The van der Waals surface area contributed by atoms with Gasteiger partial charge in [-0.1, -0.05) is 23.6 Å². The van der Waals surface area contributed by atoms with Gasteiger partial charge in [0.1, 0.15) is 0 Å². The van der Waals surface area contributed by atoms with Gasteiger partial charge in [-0.15, -0.1) is 0 Å². The molecule has 2 aliphatic carbocycles. The topological polar surface area (TPSA) is 17.1 Å². The van der Waals surface area contributed by atoms with Crippen LogP contribution in [0.4, 0.5) is 0 Å². The summed E-state index contributed by atoms with van der Waals surface area (Å²) in [6.07, 6.45) is 6.30. The summed E-state index contributed by atoms with van der Waals surface area (Å²) in [6, 6.07) is 0. The first-order chi connectivity index (χ1) is 7.45. The molecular weight excluding hydrogens is 196 g/mol. The molecule has 0 unspecified atom stereocenters. The lowest BCUT2D eigenvalue weighted by Gasteiger charge is -2.39. The molecule has 16 heavy (non-hydrogen) atoms. The van der Waals surface area contributed by atoms with Crippen LogP contribution in [-0.2, 0) is 4.79 Å². The highest BCUT2D eigenvalue weighted by Gasteiger charge is 2.45. The third kappa shape index (κ3) is 1.66. The smallest absolute Gasteiger partial charge is 0.155 e. The van der Waals surface area contributed by atoms with E-state index in [1.807, 2.05) is 6.08 Å². The van der Waals surface area contributed by atoms with E-state index in [0.29, 0.717) is 17.1 Å². The molecular formula is C15H22O. The molecule has 1 heteroatoms. The van der Waals surface area contributed by atoms with Crippen LogP contribution in [0.5, 0.6) is 0 Å². The Morgan fingerprint density at radius 1 is 1.44 bits per heavy atom. The number of hydrogen-bond acceptors (Lipinski definition) is 1. The highest BCUT2D eigenvalue weighted by Crippen LogP contribution is 2.55. The molecule has 1 fully saturated rings. The summed E-state index contributed by atoms with van der Waals surface area (Å²) in [5, 5.41) is 0. The van der Waals surface area contributed by atoms with Crippen molar-refractivity contribution in [2.24, 2.45) is 11.3 Å². The van der Waals surface area contributed by atoms with Crippen LogP contribution in [0.1, 0.15) is 53.4 Å². The van der Waals surface area contributed by atoms with E-state index < -0.39 is 0 Å². The van der Waals surface area contributed by atoms with Crippen LogP contribution >= 0.6 is 0 Å². The van der Waals surface area contributed by atoms with Gasteiger partial charge in [-0.2, -0.15) is 0 Å². The number of carbonyl (C=O) groups excluding carboxylic acids is 1. The molecule has 0 aromatic rings. The largest absolute Gasteiger partial charge is 0.295 e. The van der Waals surface area contributed by atoms with Crippen molar-refractivity contribution in [2.75, 3.05) is 0 Å².